The Kier molecular flexibility index (Phi) is 10.0. The van der Waals surface area contributed by atoms with Gasteiger partial charge < -0.3 is 30.2 Å². The molecule has 0 aromatic heterocycles. The number of piperidine rings is 1. The molecule has 0 radical (unpaired) electrons. The lowest BCUT2D eigenvalue weighted by Gasteiger charge is -2.41. The van der Waals surface area contributed by atoms with Gasteiger partial charge in [-0.1, -0.05) is 30.3 Å². The van der Waals surface area contributed by atoms with E-state index in [0.29, 0.717) is 17.8 Å². The first-order valence-electron chi connectivity index (χ1n) is 14.6. The minimum atomic E-state index is -5.12. The van der Waals surface area contributed by atoms with Gasteiger partial charge in [-0.25, -0.2) is 5.01 Å². The van der Waals surface area contributed by atoms with Crippen molar-refractivity contribution in [3.8, 4) is 5.75 Å². The largest absolute Gasteiger partial charge is 0.530 e. The smallest absolute Gasteiger partial charge is 0.416 e. The molecule has 2 aromatic rings. The van der Waals surface area contributed by atoms with Gasteiger partial charge in [-0.15, -0.1) is 0 Å². The summed E-state index contributed by atoms with van der Waals surface area (Å²) in [4.78, 5) is 53.1. The highest BCUT2D eigenvalue weighted by molar-refractivity contribution is 6.13. The van der Waals surface area contributed by atoms with Crippen molar-refractivity contribution in [1.82, 2.24) is 20.5 Å². The highest BCUT2D eigenvalue weighted by atomic mass is 19.4. The summed E-state index contributed by atoms with van der Waals surface area (Å²) in [6.45, 7) is 1.64. The number of nitrogens with zero attached hydrogens (tertiary/aromatic N) is 3. The van der Waals surface area contributed by atoms with Crippen LogP contribution in [-0.2, 0) is 33.2 Å². The zero-order chi connectivity index (χ0) is 35.7. The Labute approximate surface area is 270 Å². The number of fused-ring (bicyclic) bond motifs is 1. The molecular formula is C31H32F6N5O6-. The molecule has 260 valence electrons. The molecule has 2 aromatic carbocycles. The van der Waals surface area contributed by atoms with Crippen molar-refractivity contribution < 1.29 is 55.4 Å². The second-order valence-corrected chi connectivity index (χ2v) is 12.1. The Morgan fingerprint density at radius 3 is 2.19 bits per heavy atom. The minimum absolute atomic E-state index is 0.0613. The van der Waals surface area contributed by atoms with Crippen molar-refractivity contribution in [1.29, 1.82) is 0 Å². The number of rotatable bonds is 10. The highest BCUT2D eigenvalue weighted by Crippen LogP contribution is 2.40. The number of carbonyl (C=O) groups is 4. The molecule has 0 unspecified atom stereocenters. The molecule has 4 rings (SSSR count). The molecule has 48 heavy (non-hydrogen) atoms. The summed E-state index contributed by atoms with van der Waals surface area (Å²) >= 11 is 0. The molecule has 2 aliphatic rings. The topological polar surface area (TPSA) is 143 Å². The average molecular weight is 685 g/mol. The van der Waals surface area contributed by atoms with Gasteiger partial charge in [0.2, 0.25) is 11.8 Å². The van der Waals surface area contributed by atoms with E-state index >= 15 is 0 Å². The van der Waals surface area contributed by atoms with Crippen LogP contribution in [0.25, 0.3) is 0 Å². The van der Waals surface area contributed by atoms with Crippen LogP contribution in [0.4, 0.5) is 31.1 Å². The van der Waals surface area contributed by atoms with Crippen LogP contribution in [0, 0.1) is 5.41 Å². The van der Waals surface area contributed by atoms with Crippen molar-refractivity contribution in [2.45, 2.75) is 57.0 Å². The number of nitrogens with one attached hydrogen (secondary N) is 2. The van der Waals surface area contributed by atoms with Gasteiger partial charge in [0.15, 0.2) is 0 Å². The van der Waals surface area contributed by atoms with E-state index in [2.05, 4.69) is 10.4 Å². The Hall–Kier alpha value is -4.83. The number of hydrogen-bond acceptors (Lipinski definition) is 7. The molecular weight excluding hydrogens is 652 g/mol. The monoisotopic (exact) mass is 684 g/mol. The SMILES string of the molecule is CN1N=C2CCN(C(=O)[C@@H](CCOc3cc(C(F)(F)F)cc(C(F)(F)F)c3)NC(=O)C(C)(C)NC(=O)[O-])C[C@@]2(Cc2ccccc2)C1=O. The quantitative estimate of drug-likeness (QED) is 0.369. The molecule has 11 nitrogen and oxygen atoms in total. The van der Waals surface area contributed by atoms with Gasteiger partial charge in [-0.3, -0.25) is 14.4 Å². The second kappa shape index (κ2) is 13.4. The first-order chi connectivity index (χ1) is 22.2. The van der Waals surface area contributed by atoms with Gasteiger partial charge in [-0.2, -0.15) is 31.4 Å². The Morgan fingerprint density at radius 1 is 1.02 bits per heavy atom. The third kappa shape index (κ3) is 7.99. The second-order valence-electron chi connectivity index (χ2n) is 12.1. The van der Waals surface area contributed by atoms with Crippen LogP contribution in [0.1, 0.15) is 43.4 Å². The molecule has 2 atom stereocenters. The van der Waals surface area contributed by atoms with Crippen molar-refractivity contribution in [3.05, 3.63) is 65.2 Å². The van der Waals surface area contributed by atoms with E-state index in [1.807, 2.05) is 17.4 Å². The Balaban J connectivity index is 1.61. The number of amides is 4. The van der Waals surface area contributed by atoms with E-state index in [4.69, 9.17) is 4.74 Å². The average Bonchev–Trinajstić information content (AvgIpc) is 3.23. The molecule has 0 saturated carbocycles. The van der Waals surface area contributed by atoms with Gasteiger partial charge in [0, 0.05) is 33.0 Å². The predicted molar refractivity (Wildman–Crippen MR) is 155 cm³/mol. The van der Waals surface area contributed by atoms with Crippen LogP contribution < -0.4 is 20.5 Å². The lowest BCUT2D eigenvalue weighted by atomic mass is 9.73. The maximum atomic E-state index is 14.0. The Bertz CT molecular complexity index is 1560. The standard InChI is InChI=1S/C31H33F6N5O6/c1-28(2,39-27(46)47)25(44)38-22(10-12-48-21-14-19(30(32,33)34)13-20(15-21)31(35,36)37)24(43)42-11-9-23-29(17-42,26(45)41(3)40-23)16-18-7-5-4-6-8-18/h4-8,13-15,22,39H,9-12,16-17H2,1-3H3,(H,38,44)(H,46,47)/p-1/t22-,29-/m1/s1. The predicted octanol–water partition coefficient (Wildman–Crippen LogP) is 2.98. The van der Waals surface area contributed by atoms with E-state index in [1.54, 1.807) is 18.2 Å². The van der Waals surface area contributed by atoms with E-state index < -0.39 is 77.2 Å². The summed E-state index contributed by atoms with van der Waals surface area (Å²) in [5, 5.41) is 21.0. The van der Waals surface area contributed by atoms with Crippen LogP contribution in [0.2, 0.25) is 0 Å². The molecule has 0 spiro atoms. The molecule has 2 N–H and O–H groups in total. The number of hydrogen-bond donors (Lipinski definition) is 2. The first kappa shape index (κ1) is 36.0. The van der Waals surface area contributed by atoms with E-state index in [-0.39, 0.29) is 37.9 Å². The molecule has 17 heteroatoms. The van der Waals surface area contributed by atoms with Gasteiger partial charge in [0.1, 0.15) is 28.8 Å². The maximum Gasteiger partial charge on any atom is 0.416 e. The summed E-state index contributed by atoms with van der Waals surface area (Å²) in [6.07, 6.45) is -12.1. The molecule has 0 bridgehead atoms. The number of alkyl halides is 6. The van der Waals surface area contributed by atoms with E-state index in [9.17, 15) is 50.6 Å². The number of likely N-dealkylation sites (tertiary alicyclic amines) is 1. The van der Waals surface area contributed by atoms with Crippen LogP contribution in [-0.4, -0.2) is 77.8 Å². The van der Waals surface area contributed by atoms with Crippen molar-refractivity contribution in [2.24, 2.45) is 10.5 Å². The summed E-state index contributed by atoms with van der Waals surface area (Å²) in [5.74, 6) is -2.88. The number of benzene rings is 2. The van der Waals surface area contributed by atoms with Gasteiger partial charge in [0.05, 0.1) is 23.4 Å². The summed E-state index contributed by atoms with van der Waals surface area (Å²) < 4.78 is 85.3. The lowest BCUT2D eigenvalue weighted by molar-refractivity contribution is -0.252. The van der Waals surface area contributed by atoms with Crippen LogP contribution in [0.15, 0.2) is 53.6 Å². The third-order valence-electron chi connectivity index (χ3n) is 8.09. The molecule has 0 aliphatic carbocycles. The van der Waals surface area contributed by atoms with Crippen LogP contribution >= 0.6 is 0 Å². The molecule has 2 heterocycles. The minimum Gasteiger partial charge on any atom is -0.530 e. The zero-order valence-corrected chi connectivity index (χ0v) is 26.0. The number of hydrazone groups is 1. The molecule has 4 amide bonds. The van der Waals surface area contributed by atoms with Gasteiger partial charge >= 0.3 is 12.4 Å². The van der Waals surface area contributed by atoms with Crippen molar-refractivity contribution >= 4 is 29.5 Å². The molecule has 1 saturated heterocycles. The van der Waals surface area contributed by atoms with Crippen molar-refractivity contribution in [3.63, 3.8) is 0 Å². The fourth-order valence-electron chi connectivity index (χ4n) is 5.65. The number of carboxylic acid groups (broad SMARTS) is 1. The van der Waals surface area contributed by atoms with Crippen LogP contribution in [0.5, 0.6) is 5.75 Å². The fourth-order valence-corrected chi connectivity index (χ4v) is 5.65. The molecule has 1 fully saturated rings. The first-order valence-corrected chi connectivity index (χ1v) is 14.6. The van der Waals surface area contributed by atoms with Crippen LogP contribution in [0.3, 0.4) is 0 Å². The number of halogens is 6. The molecule has 2 aliphatic heterocycles. The fraction of sp³-hybridized carbons (Fsp3) is 0.452. The zero-order valence-electron chi connectivity index (χ0n) is 26.0. The summed E-state index contributed by atoms with van der Waals surface area (Å²) in [7, 11) is 1.48. The maximum absolute atomic E-state index is 14.0. The third-order valence-corrected chi connectivity index (χ3v) is 8.09. The van der Waals surface area contributed by atoms with Crippen molar-refractivity contribution in [2.75, 3.05) is 26.7 Å². The summed E-state index contributed by atoms with van der Waals surface area (Å²) in [5.41, 5.74) is -4.93. The highest BCUT2D eigenvalue weighted by Gasteiger charge is 2.54. The Morgan fingerprint density at radius 2 is 1.62 bits per heavy atom. The van der Waals surface area contributed by atoms with E-state index in [0.717, 1.165) is 5.56 Å². The number of carbonyl (C=O) groups excluding carboxylic acids is 4. The number of ether oxygens (including phenoxy) is 1. The summed E-state index contributed by atoms with van der Waals surface area (Å²) in [6, 6.07) is 8.16. The van der Waals surface area contributed by atoms with Gasteiger partial charge in [0.25, 0.3) is 5.91 Å². The normalized spacial score (nSPS) is 18.9. The lowest BCUT2D eigenvalue weighted by Crippen LogP contribution is -2.63. The van der Waals surface area contributed by atoms with Gasteiger partial charge in [-0.05, 0) is 44.0 Å². The van der Waals surface area contributed by atoms with E-state index in [1.165, 1.54) is 30.8 Å².